The smallest absolute Gasteiger partial charge is 0.251 e. The van der Waals surface area contributed by atoms with E-state index >= 15 is 0 Å². The number of methoxy groups -OCH3 is 1. The van der Waals surface area contributed by atoms with Crippen molar-refractivity contribution in [1.82, 2.24) is 14.9 Å². The predicted molar refractivity (Wildman–Crippen MR) is 74.5 cm³/mol. The highest BCUT2D eigenvalue weighted by atomic mass is 16.5. The summed E-state index contributed by atoms with van der Waals surface area (Å²) >= 11 is 0. The Morgan fingerprint density at radius 3 is 3.00 bits per heavy atom. The van der Waals surface area contributed by atoms with Crippen LogP contribution in [0.1, 0.15) is 50.2 Å². The molecule has 1 N–H and O–H groups in total. The maximum Gasteiger partial charge on any atom is 0.251 e. The number of hydrogen-bond acceptors (Lipinski definition) is 4. The Hall–Kier alpha value is -1.69. The molecule has 0 aliphatic carbocycles. The maximum absolute atomic E-state index is 12.0. The number of nitrogens with one attached hydrogen (secondary N) is 1. The van der Waals surface area contributed by atoms with Crippen molar-refractivity contribution < 1.29 is 9.53 Å². The molecule has 0 radical (unpaired) electrons. The van der Waals surface area contributed by atoms with Crippen LogP contribution in [-0.4, -0.2) is 41.0 Å². The fourth-order valence-corrected chi connectivity index (χ4v) is 2.51. The second-order valence-electron chi connectivity index (χ2n) is 5.39. The summed E-state index contributed by atoms with van der Waals surface area (Å²) in [6, 6.07) is 1.37. The van der Waals surface area contributed by atoms with E-state index in [1.54, 1.807) is 4.90 Å². The molecule has 6 nitrogen and oxygen atoms in total. The zero-order valence-corrected chi connectivity index (χ0v) is 12.2. The predicted octanol–water partition coefficient (Wildman–Crippen LogP) is 1.20. The van der Waals surface area contributed by atoms with Gasteiger partial charge in [0.05, 0.1) is 11.7 Å². The molecule has 2 heterocycles. The number of carbonyl (C=O) groups is 1. The molecule has 0 bridgehead atoms. The number of carbonyl (C=O) groups excluding carboxylic acids is 1. The zero-order chi connectivity index (χ0) is 14.7. The Balaban J connectivity index is 2.30. The standard InChI is InChI=1S/C14H21N3O3/c1-9(2)10-7-12(18)16-14(15-10)11-5-4-6-17(11)13(19)8-20-3/h7,9,11H,4-6,8H2,1-3H3,(H,15,16,18). The first-order valence-corrected chi connectivity index (χ1v) is 6.92. The molecule has 1 unspecified atom stereocenters. The van der Waals surface area contributed by atoms with Crippen molar-refractivity contribution in [3.05, 3.63) is 27.9 Å². The Kier molecular flexibility index (Phi) is 4.54. The van der Waals surface area contributed by atoms with Gasteiger partial charge in [0.15, 0.2) is 0 Å². The molecule has 0 aromatic carbocycles. The summed E-state index contributed by atoms with van der Waals surface area (Å²) < 4.78 is 4.90. The van der Waals surface area contributed by atoms with E-state index in [9.17, 15) is 9.59 Å². The van der Waals surface area contributed by atoms with E-state index in [4.69, 9.17) is 4.74 Å². The topological polar surface area (TPSA) is 75.3 Å². The number of nitrogens with zero attached hydrogens (tertiary/aromatic N) is 2. The summed E-state index contributed by atoms with van der Waals surface area (Å²) in [6.07, 6.45) is 1.73. The van der Waals surface area contributed by atoms with Gasteiger partial charge in [0.2, 0.25) is 5.91 Å². The van der Waals surface area contributed by atoms with Crippen molar-refractivity contribution in [2.75, 3.05) is 20.3 Å². The van der Waals surface area contributed by atoms with Crippen LogP contribution in [0.2, 0.25) is 0 Å². The molecule has 1 fully saturated rings. The number of amides is 1. The fraction of sp³-hybridized carbons (Fsp3) is 0.643. The van der Waals surface area contributed by atoms with E-state index in [-0.39, 0.29) is 30.0 Å². The largest absolute Gasteiger partial charge is 0.375 e. The quantitative estimate of drug-likeness (QED) is 0.898. The van der Waals surface area contributed by atoms with Gasteiger partial charge in [0, 0.05) is 19.7 Å². The highest BCUT2D eigenvalue weighted by Gasteiger charge is 2.31. The van der Waals surface area contributed by atoms with E-state index in [1.807, 2.05) is 13.8 Å². The number of H-pyrrole nitrogens is 1. The SMILES string of the molecule is COCC(=O)N1CCCC1c1nc(C(C)C)cc(=O)[nH]1. The van der Waals surface area contributed by atoms with Gasteiger partial charge in [-0.1, -0.05) is 13.8 Å². The van der Waals surface area contributed by atoms with Gasteiger partial charge in [-0.25, -0.2) is 4.98 Å². The molecular formula is C14H21N3O3. The Morgan fingerprint density at radius 1 is 1.60 bits per heavy atom. The van der Waals surface area contributed by atoms with Gasteiger partial charge in [-0.05, 0) is 18.8 Å². The van der Waals surface area contributed by atoms with E-state index in [1.165, 1.54) is 13.2 Å². The molecule has 1 aliphatic heterocycles. The van der Waals surface area contributed by atoms with Crippen LogP contribution >= 0.6 is 0 Å². The second-order valence-corrected chi connectivity index (χ2v) is 5.39. The van der Waals surface area contributed by atoms with Crippen LogP contribution in [0, 0.1) is 0 Å². The van der Waals surface area contributed by atoms with Gasteiger partial charge >= 0.3 is 0 Å². The number of hydrogen-bond donors (Lipinski definition) is 1. The number of rotatable bonds is 4. The second kappa shape index (κ2) is 6.17. The van der Waals surface area contributed by atoms with Crippen molar-refractivity contribution in [3.8, 4) is 0 Å². The molecule has 1 aliphatic rings. The Bertz CT molecular complexity index is 539. The van der Waals surface area contributed by atoms with E-state index in [0.29, 0.717) is 12.4 Å². The van der Waals surface area contributed by atoms with Crippen LogP contribution in [0.25, 0.3) is 0 Å². The minimum absolute atomic E-state index is 0.0601. The first kappa shape index (κ1) is 14.7. The molecule has 6 heteroatoms. The van der Waals surface area contributed by atoms with Crippen LogP contribution in [0.15, 0.2) is 10.9 Å². The summed E-state index contributed by atoms with van der Waals surface area (Å²) in [4.78, 5) is 32.8. The average Bonchev–Trinajstić information content (AvgIpc) is 2.87. The van der Waals surface area contributed by atoms with Gasteiger partial charge < -0.3 is 14.6 Å². The van der Waals surface area contributed by atoms with Gasteiger partial charge in [-0.3, -0.25) is 9.59 Å². The summed E-state index contributed by atoms with van der Waals surface area (Å²) in [5, 5.41) is 0. The number of ether oxygens (including phenoxy) is 1. The van der Waals surface area contributed by atoms with Crippen LogP contribution in [0.4, 0.5) is 0 Å². The maximum atomic E-state index is 12.0. The van der Waals surface area contributed by atoms with Gasteiger partial charge in [-0.15, -0.1) is 0 Å². The van der Waals surface area contributed by atoms with Crippen molar-refractivity contribution in [3.63, 3.8) is 0 Å². The zero-order valence-electron chi connectivity index (χ0n) is 12.2. The van der Waals surface area contributed by atoms with Crippen LogP contribution in [0.5, 0.6) is 0 Å². The molecule has 1 atom stereocenters. The van der Waals surface area contributed by atoms with Gasteiger partial charge in [0.25, 0.3) is 5.56 Å². The average molecular weight is 279 g/mol. The monoisotopic (exact) mass is 279 g/mol. The lowest BCUT2D eigenvalue weighted by molar-refractivity contribution is -0.136. The lowest BCUT2D eigenvalue weighted by Gasteiger charge is -2.24. The molecule has 2 rings (SSSR count). The Morgan fingerprint density at radius 2 is 2.35 bits per heavy atom. The minimum atomic E-state index is -0.162. The molecule has 0 saturated carbocycles. The first-order chi connectivity index (χ1) is 9.52. The van der Waals surface area contributed by atoms with Gasteiger partial charge in [0.1, 0.15) is 12.4 Å². The highest BCUT2D eigenvalue weighted by Crippen LogP contribution is 2.29. The van der Waals surface area contributed by atoms with Crippen LogP contribution < -0.4 is 5.56 Å². The van der Waals surface area contributed by atoms with E-state index in [0.717, 1.165) is 18.5 Å². The normalized spacial score (nSPS) is 18.8. The molecule has 110 valence electrons. The third kappa shape index (κ3) is 3.07. The third-order valence-corrected chi connectivity index (χ3v) is 3.53. The van der Waals surface area contributed by atoms with E-state index < -0.39 is 0 Å². The number of aromatic nitrogens is 2. The lowest BCUT2D eigenvalue weighted by atomic mass is 10.1. The minimum Gasteiger partial charge on any atom is -0.375 e. The fourth-order valence-electron chi connectivity index (χ4n) is 2.51. The van der Waals surface area contributed by atoms with Gasteiger partial charge in [-0.2, -0.15) is 0 Å². The molecular weight excluding hydrogens is 258 g/mol. The van der Waals surface area contributed by atoms with Crippen molar-refractivity contribution >= 4 is 5.91 Å². The highest BCUT2D eigenvalue weighted by molar-refractivity contribution is 5.78. The third-order valence-electron chi connectivity index (χ3n) is 3.53. The van der Waals surface area contributed by atoms with E-state index in [2.05, 4.69) is 9.97 Å². The van der Waals surface area contributed by atoms with Crippen LogP contribution in [-0.2, 0) is 9.53 Å². The summed E-state index contributed by atoms with van der Waals surface area (Å²) in [6.45, 7) is 4.73. The Labute approximate surface area is 118 Å². The van der Waals surface area contributed by atoms with Crippen molar-refractivity contribution in [2.24, 2.45) is 0 Å². The van der Waals surface area contributed by atoms with Crippen molar-refractivity contribution in [1.29, 1.82) is 0 Å². The first-order valence-electron chi connectivity index (χ1n) is 6.92. The molecule has 20 heavy (non-hydrogen) atoms. The molecule has 1 amide bonds. The molecule has 0 spiro atoms. The van der Waals surface area contributed by atoms with Crippen molar-refractivity contribution in [2.45, 2.75) is 38.6 Å². The lowest BCUT2D eigenvalue weighted by Crippen LogP contribution is -2.35. The summed E-state index contributed by atoms with van der Waals surface area (Å²) in [5.74, 6) is 0.705. The molecule has 1 aromatic heterocycles. The summed E-state index contributed by atoms with van der Waals surface area (Å²) in [7, 11) is 1.50. The number of aromatic amines is 1. The molecule has 1 saturated heterocycles. The molecule has 1 aromatic rings. The van der Waals surface area contributed by atoms with Crippen LogP contribution in [0.3, 0.4) is 0 Å². The number of likely N-dealkylation sites (tertiary alicyclic amines) is 1. The summed E-state index contributed by atoms with van der Waals surface area (Å²) in [5.41, 5.74) is 0.597.